The fourth-order valence-corrected chi connectivity index (χ4v) is 2.39. The number of aliphatic carboxylic acids is 1. The number of hydrogen-bond donors (Lipinski definition) is 5. The van der Waals surface area contributed by atoms with E-state index in [1.807, 2.05) is 18.4 Å². The van der Waals surface area contributed by atoms with Crippen LogP contribution in [0, 0.1) is 6.92 Å². The molecule has 0 aliphatic rings. The molecule has 116 valence electrons. The van der Waals surface area contributed by atoms with Crippen LogP contribution in [-0.2, 0) is 4.79 Å². The van der Waals surface area contributed by atoms with Crippen molar-refractivity contribution in [2.24, 2.45) is 11.6 Å². The van der Waals surface area contributed by atoms with Crippen LogP contribution in [0.2, 0.25) is 5.02 Å². The average Bonchev–Trinajstić information content (AvgIpc) is 2.90. The maximum atomic E-state index is 10.9. The molecule has 1 heterocycles. The molecular formula is C12H13ClN6O2S. The lowest BCUT2D eigenvalue weighted by Gasteiger charge is -2.04. The molecule has 7 N–H and O–H groups in total. The number of nitrogens with two attached hydrogens (primary N) is 2. The van der Waals surface area contributed by atoms with E-state index in [0.717, 1.165) is 22.9 Å². The van der Waals surface area contributed by atoms with Gasteiger partial charge in [-0.2, -0.15) is 0 Å². The van der Waals surface area contributed by atoms with Gasteiger partial charge in [0, 0.05) is 10.6 Å². The lowest BCUT2D eigenvalue weighted by Crippen LogP contribution is -2.29. The highest BCUT2D eigenvalue weighted by Crippen LogP contribution is 2.26. The fraction of sp³-hybridized carbons (Fsp3) is 0.0833. The second kappa shape index (κ2) is 6.69. The maximum absolute atomic E-state index is 10.9. The average molecular weight is 341 g/mol. The Kier molecular flexibility index (Phi) is 4.91. The Labute approximate surface area is 134 Å². The van der Waals surface area contributed by atoms with E-state index in [4.69, 9.17) is 28.3 Å². The summed E-state index contributed by atoms with van der Waals surface area (Å²) in [6.07, 6.45) is 0. The van der Waals surface area contributed by atoms with Gasteiger partial charge in [0.15, 0.2) is 11.5 Å². The van der Waals surface area contributed by atoms with E-state index in [1.165, 1.54) is 0 Å². The SMILES string of the molecule is Cc1cc(-c2nc(S/C(N)=C(/NN)C(=O)O)n[nH]2)ccc1Cl. The van der Waals surface area contributed by atoms with Gasteiger partial charge < -0.3 is 16.3 Å². The monoisotopic (exact) mass is 340 g/mol. The molecule has 0 aliphatic carbocycles. The molecule has 10 heteroatoms. The van der Waals surface area contributed by atoms with Gasteiger partial charge in [-0.15, -0.1) is 5.10 Å². The number of nitrogens with zero attached hydrogens (tertiary/aromatic N) is 2. The number of halogens is 1. The van der Waals surface area contributed by atoms with Gasteiger partial charge in [-0.3, -0.25) is 10.9 Å². The van der Waals surface area contributed by atoms with Crippen LogP contribution in [0.25, 0.3) is 11.4 Å². The number of rotatable bonds is 5. The predicted molar refractivity (Wildman–Crippen MR) is 83.6 cm³/mol. The maximum Gasteiger partial charge on any atom is 0.356 e. The van der Waals surface area contributed by atoms with Crippen molar-refractivity contribution in [1.82, 2.24) is 20.6 Å². The van der Waals surface area contributed by atoms with Crippen LogP contribution >= 0.6 is 23.4 Å². The summed E-state index contributed by atoms with van der Waals surface area (Å²) in [5.41, 5.74) is 9.08. The highest BCUT2D eigenvalue weighted by Gasteiger charge is 2.15. The Balaban J connectivity index is 2.25. The van der Waals surface area contributed by atoms with Crippen LogP contribution in [0.3, 0.4) is 0 Å². The zero-order valence-electron chi connectivity index (χ0n) is 11.4. The number of carboxylic acid groups (broad SMARTS) is 1. The minimum Gasteiger partial charge on any atom is -0.476 e. The predicted octanol–water partition coefficient (Wildman–Crippen LogP) is 1.20. The first kappa shape index (κ1) is 16.1. The number of hydrogen-bond acceptors (Lipinski definition) is 7. The van der Waals surface area contributed by atoms with Crippen molar-refractivity contribution in [2.45, 2.75) is 12.1 Å². The number of aromatic amines is 1. The molecule has 0 amide bonds. The van der Waals surface area contributed by atoms with Gasteiger partial charge in [-0.05, 0) is 42.4 Å². The summed E-state index contributed by atoms with van der Waals surface area (Å²) in [4.78, 5) is 15.1. The van der Waals surface area contributed by atoms with Gasteiger partial charge in [0.05, 0.1) is 0 Å². The smallest absolute Gasteiger partial charge is 0.356 e. The molecule has 0 spiro atoms. The van der Waals surface area contributed by atoms with Crippen LogP contribution in [0.1, 0.15) is 5.56 Å². The summed E-state index contributed by atoms with van der Waals surface area (Å²) in [5.74, 6) is 4.37. The largest absolute Gasteiger partial charge is 0.476 e. The Hall–Kier alpha value is -2.23. The van der Waals surface area contributed by atoms with Crippen LogP contribution in [0.5, 0.6) is 0 Å². The van der Waals surface area contributed by atoms with E-state index in [9.17, 15) is 4.79 Å². The third-order valence-corrected chi connectivity index (χ3v) is 3.92. The van der Waals surface area contributed by atoms with Crippen LogP contribution in [0.4, 0.5) is 0 Å². The molecule has 0 unspecified atom stereocenters. The molecule has 0 saturated carbocycles. The Morgan fingerprint density at radius 3 is 2.82 bits per heavy atom. The number of aryl methyl sites for hydroxylation is 1. The Morgan fingerprint density at radius 2 is 2.23 bits per heavy atom. The summed E-state index contributed by atoms with van der Waals surface area (Å²) in [7, 11) is 0. The van der Waals surface area contributed by atoms with Gasteiger partial charge in [0.25, 0.3) is 0 Å². The number of hydrazine groups is 1. The number of H-pyrrole nitrogens is 1. The summed E-state index contributed by atoms with van der Waals surface area (Å²) < 4.78 is 0. The molecule has 0 bridgehead atoms. The van der Waals surface area contributed by atoms with Crippen molar-refractivity contribution in [1.29, 1.82) is 0 Å². The Morgan fingerprint density at radius 1 is 1.50 bits per heavy atom. The minimum absolute atomic E-state index is 0.0483. The number of thioether (sulfide) groups is 1. The first-order chi connectivity index (χ1) is 10.4. The van der Waals surface area contributed by atoms with Crippen molar-refractivity contribution >= 4 is 29.3 Å². The second-order valence-electron chi connectivity index (χ2n) is 4.22. The molecule has 1 aromatic heterocycles. The first-order valence-electron chi connectivity index (χ1n) is 5.98. The van der Waals surface area contributed by atoms with Crippen molar-refractivity contribution < 1.29 is 9.90 Å². The summed E-state index contributed by atoms with van der Waals surface area (Å²) >= 11 is 6.86. The van der Waals surface area contributed by atoms with Crippen molar-refractivity contribution in [2.75, 3.05) is 0 Å². The van der Waals surface area contributed by atoms with E-state index in [-0.39, 0.29) is 15.9 Å². The third-order valence-electron chi connectivity index (χ3n) is 2.70. The van der Waals surface area contributed by atoms with Crippen molar-refractivity contribution in [3.8, 4) is 11.4 Å². The number of carboxylic acids is 1. The summed E-state index contributed by atoms with van der Waals surface area (Å²) in [6, 6.07) is 5.42. The van der Waals surface area contributed by atoms with Gasteiger partial charge >= 0.3 is 5.97 Å². The van der Waals surface area contributed by atoms with Crippen LogP contribution in [-0.4, -0.2) is 26.3 Å². The molecule has 1 aromatic carbocycles. The second-order valence-corrected chi connectivity index (χ2v) is 5.64. The standard InChI is InChI=1S/C12H13ClN6O2S/c1-5-4-6(2-3-7(5)13)10-16-12(19-18-10)22-9(14)8(17-15)11(20)21/h2-4,17H,14-15H2,1H3,(H,20,21)(H,16,18,19)/b9-8+. The molecule has 2 aromatic rings. The van der Waals surface area contributed by atoms with Gasteiger partial charge in [-0.1, -0.05) is 11.6 Å². The van der Waals surface area contributed by atoms with E-state index in [2.05, 4.69) is 15.2 Å². The highest BCUT2D eigenvalue weighted by molar-refractivity contribution is 8.02. The number of benzene rings is 1. The minimum atomic E-state index is -1.27. The third kappa shape index (κ3) is 3.50. The topological polar surface area (TPSA) is 143 Å². The van der Waals surface area contributed by atoms with Crippen molar-refractivity contribution in [3.63, 3.8) is 0 Å². The van der Waals surface area contributed by atoms with Gasteiger partial charge in [0.2, 0.25) is 5.16 Å². The molecular weight excluding hydrogens is 328 g/mol. The number of carbonyl (C=O) groups is 1. The summed E-state index contributed by atoms with van der Waals surface area (Å²) in [6.45, 7) is 1.88. The molecule has 0 atom stereocenters. The van der Waals surface area contributed by atoms with Crippen LogP contribution in [0.15, 0.2) is 34.1 Å². The lowest BCUT2D eigenvalue weighted by atomic mass is 10.1. The van der Waals surface area contributed by atoms with Crippen LogP contribution < -0.4 is 17.0 Å². The van der Waals surface area contributed by atoms with E-state index >= 15 is 0 Å². The first-order valence-corrected chi connectivity index (χ1v) is 7.18. The van der Waals surface area contributed by atoms with E-state index in [1.54, 1.807) is 12.1 Å². The molecule has 8 nitrogen and oxygen atoms in total. The summed E-state index contributed by atoms with van der Waals surface area (Å²) in [5, 5.41) is 16.5. The van der Waals surface area contributed by atoms with E-state index < -0.39 is 5.97 Å². The number of aromatic nitrogens is 3. The normalized spacial score (nSPS) is 12.0. The van der Waals surface area contributed by atoms with Crippen molar-refractivity contribution in [3.05, 3.63) is 39.5 Å². The van der Waals surface area contributed by atoms with Gasteiger partial charge in [0.1, 0.15) is 5.03 Å². The lowest BCUT2D eigenvalue weighted by molar-refractivity contribution is -0.133. The van der Waals surface area contributed by atoms with E-state index in [0.29, 0.717) is 10.8 Å². The molecule has 0 aliphatic heterocycles. The zero-order valence-corrected chi connectivity index (χ0v) is 13.0. The zero-order chi connectivity index (χ0) is 16.3. The number of nitrogens with one attached hydrogen (secondary N) is 2. The molecule has 0 radical (unpaired) electrons. The highest BCUT2D eigenvalue weighted by atomic mass is 35.5. The quantitative estimate of drug-likeness (QED) is 0.236. The Bertz CT molecular complexity index is 745. The molecule has 22 heavy (non-hydrogen) atoms. The molecule has 0 saturated heterocycles. The fourth-order valence-electron chi connectivity index (χ4n) is 1.60. The molecule has 2 rings (SSSR count). The van der Waals surface area contributed by atoms with Gasteiger partial charge in [-0.25, -0.2) is 9.78 Å². The molecule has 0 fully saturated rings.